The molecule has 20 heavy (non-hydrogen) atoms. The van der Waals surface area contributed by atoms with E-state index in [1.54, 1.807) is 13.0 Å². The molecule has 1 aromatic rings. The van der Waals surface area contributed by atoms with Crippen molar-refractivity contribution in [1.29, 1.82) is 0 Å². The molecular formula is C13H18N2O4S. The fourth-order valence-electron chi connectivity index (χ4n) is 2.14. The van der Waals surface area contributed by atoms with Gasteiger partial charge in [-0.15, -0.1) is 0 Å². The molecular weight excluding hydrogens is 280 g/mol. The average molecular weight is 298 g/mol. The van der Waals surface area contributed by atoms with E-state index in [9.17, 15) is 13.2 Å². The van der Waals surface area contributed by atoms with Crippen molar-refractivity contribution in [3.05, 3.63) is 29.3 Å². The Balaban J connectivity index is 2.20. The van der Waals surface area contributed by atoms with Crippen molar-refractivity contribution in [2.45, 2.75) is 30.7 Å². The van der Waals surface area contributed by atoms with Crippen molar-refractivity contribution in [2.24, 2.45) is 5.14 Å². The largest absolute Gasteiger partial charge is 0.379 e. The minimum atomic E-state index is -3.81. The molecule has 1 unspecified atom stereocenters. The van der Waals surface area contributed by atoms with Crippen molar-refractivity contribution < 1.29 is 17.9 Å². The smallest absolute Gasteiger partial charge is 0.251 e. The second-order valence-corrected chi connectivity index (χ2v) is 6.47. The fourth-order valence-corrected chi connectivity index (χ4v) is 2.68. The number of nitrogens with one attached hydrogen (secondary N) is 1. The van der Waals surface area contributed by atoms with Crippen molar-refractivity contribution in [3.63, 3.8) is 0 Å². The quantitative estimate of drug-likeness (QED) is 0.851. The first-order valence-electron chi connectivity index (χ1n) is 6.40. The van der Waals surface area contributed by atoms with Gasteiger partial charge >= 0.3 is 0 Å². The standard InChI is InChI=1S/C13H18N2O4S/c1-9-4-5-11(20(14,17)18)7-12(9)13(16)15-10-3-2-6-19-8-10/h4-5,7,10H,2-3,6,8H2,1H3,(H,15,16)(H2,14,17,18). The van der Waals surface area contributed by atoms with E-state index in [0.29, 0.717) is 24.3 Å². The molecule has 2 rings (SSSR count). The molecule has 1 aromatic carbocycles. The summed E-state index contributed by atoms with van der Waals surface area (Å²) in [7, 11) is -3.81. The number of nitrogens with two attached hydrogens (primary N) is 1. The monoisotopic (exact) mass is 298 g/mol. The normalized spacial score (nSPS) is 19.6. The van der Waals surface area contributed by atoms with E-state index in [4.69, 9.17) is 9.88 Å². The van der Waals surface area contributed by atoms with Crippen LogP contribution in [0.3, 0.4) is 0 Å². The van der Waals surface area contributed by atoms with Gasteiger partial charge in [0.05, 0.1) is 17.5 Å². The number of aryl methyl sites for hydroxylation is 1. The SMILES string of the molecule is Cc1ccc(S(N)(=O)=O)cc1C(=O)NC1CCCOC1. The molecule has 0 bridgehead atoms. The van der Waals surface area contributed by atoms with Gasteiger partial charge in [0.15, 0.2) is 0 Å². The summed E-state index contributed by atoms with van der Waals surface area (Å²) < 4.78 is 28.0. The minimum Gasteiger partial charge on any atom is -0.379 e. The van der Waals surface area contributed by atoms with Crippen molar-refractivity contribution >= 4 is 15.9 Å². The van der Waals surface area contributed by atoms with Gasteiger partial charge in [0.1, 0.15) is 0 Å². The molecule has 1 fully saturated rings. The van der Waals surface area contributed by atoms with Crippen molar-refractivity contribution in [2.75, 3.05) is 13.2 Å². The van der Waals surface area contributed by atoms with Gasteiger partial charge in [-0.2, -0.15) is 0 Å². The Hall–Kier alpha value is -1.44. The van der Waals surface area contributed by atoms with Crippen molar-refractivity contribution in [1.82, 2.24) is 5.32 Å². The second kappa shape index (κ2) is 5.90. The highest BCUT2D eigenvalue weighted by Gasteiger charge is 2.19. The van der Waals surface area contributed by atoms with Gasteiger partial charge in [0.2, 0.25) is 10.0 Å². The van der Waals surface area contributed by atoms with Gasteiger partial charge in [-0.25, -0.2) is 13.6 Å². The second-order valence-electron chi connectivity index (χ2n) is 4.91. The van der Waals surface area contributed by atoms with Gasteiger partial charge in [0.25, 0.3) is 5.91 Å². The number of rotatable bonds is 3. The molecule has 6 nitrogen and oxygen atoms in total. The molecule has 1 saturated heterocycles. The number of ether oxygens (including phenoxy) is 1. The van der Waals surface area contributed by atoms with Crippen LogP contribution in [0.4, 0.5) is 0 Å². The zero-order valence-corrected chi connectivity index (χ0v) is 12.1. The number of amides is 1. The van der Waals surface area contributed by atoms with Gasteiger partial charge < -0.3 is 10.1 Å². The van der Waals surface area contributed by atoms with Crippen LogP contribution < -0.4 is 10.5 Å². The van der Waals surface area contributed by atoms with Gasteiger partial charge in [0, 0.05) is 12.2 Å². The van der Waals surface area contributed by atoms with E-state index in [1.165, 1.54) is 12.1 Å². The van der Waals surface area contributed by atoms with Crippen LogP contribution in [0.1, 0.15) is 28.8 Å². The number of sulfonamides is 1. The van der Waals surface area contributed by atoms with Gasteiger partial charge in [-0.05, 0) is 37.5 Å². The third-order valence-electron chi connectivity index (χ3n) is 3.28. The summed E-state index contributed by atoms with van der Waals surface area (Å²) in [5.74, 6) is -0.302. The Labute approximate surface area is 118 Å². The maximum atomic E-state index is 12.2. The summed E-state index contributed by atoms with van der Waals surface area (Å²) in [6.07, 6.45) is 1.76. The minimum absolute atomic E-state index is 0.0335. The number of benzene rings is 1. The molecule has 1 heterocycles. The lowest BCUT2D eigenvalue weighted by Gasteiger charge is -2.23. The van der Waals surface area contributed by atoms with E-state index in [2.05, 4.69) is 5.32 Å². The molecule has 3 N–H and O–H groups in total. The molecule has 0 radical (unpaired) electrons. The number of carbonyl (C=O) groups is 1. The molecule has 1 atom stereocenters. The predicted octanol–water partition coefficient (Wildman–Crippen LogP) is 0.551. The summed E-state index contributed by atoms with van der Waals surface area (Å²) in [5.41, 5.74) is 1.02. The Bertz CT molecular complexity index is 607. The Kier molecular flexibility index (Phi) is 4.42. The molecule has 1 amide bonds. The van der Waals surface area contributed by atoms with Crippen LogP contribution in [0, 0.1) is 6.92 Å². The zero-order chi connectivity index (χ0) is 14.8. The molecule has 1 aliphatic heterocycles. The van der Waals surface area contributed by atoms with Crippen LogP contribution in [0.2, 0.25) is 0 Å². The summed E-state index contributed by atoms with van der Waals surface area (Å²) in [6.45, 7) is 2.95. The van der Waals surface area contributed by atoms with Crippen LogP contribution in [0.25, 0.3) is 0 Å². The Morgan fingerprint density at radius 3 is 2.80 bits per heavy atom. The molecule has 0 saturated carbocycles. The third-order valence-corrected chi connectivity index (χ3v) is 4.19. The molecule has 110 valence electrons. The van der Waals surface area contributed by atoms with Crippen LogP contribution in [-0.2, 0) is 14.8 Å². The highest BCUT2D eigenvalue weighted by Crippen LogP contribution is 2.15. The highest BCUT2D eigenvalue weighted by atomic mass is 32.2. The van der Waals surface area contributed by atoms with E-state index in [-0.39, 0.29) is 16.8 Å². The zero-order valence-electron chi connectivity index (χ0n) is 11.3. The maximum absolute atomic E-state index is 12.2. The summed E-state index contributed by atoms with van der Waals surface area (Å²) in [6, 6.07) is 4.25. The van der Waals surface area contributed by atoms with Crippen LogP contribution in [0.5, 0.6) is 0 Å². The summed E-state index contributed by atoms with van der Waals surface area (Å²) in [5, 5.41) is 7.94. The average Bonchev–Trinajstić information content (AvgIpc) is 2.39. The molecule has 1 aliphatic rings. The topological polar surface area (TPSA) is 98.5 Å². The highest BCUT2D eigenvalue weighted by molar-refractivity contribution is 7.89. The van der Waals surface area contributed by atoms with E-state index >= 15 is 0 Å². The number of primary sulfonamides is 1. The molecule has 0 spiro atoms. The first-order valence-corrected chi connectivity index (χ1v) is 7.94. The third kappa shape index (κ3) is 3.56. The van der Waals surface area contributed by atoms with E-state index in [1.807, 2.05) is 0 Å². The molecule has 0 aliphatic carbocycles. The van der Waals surface area contributed by atoms with E-state index in [0.717, 1.165) is 12.8 Å². The lowest BCUT2D eigenvalue weighted by molar-refractivity contribution is 0.0624. The number of hydrogen-bond acceptors (Lipinski definition) is 4. The lowest BCUT2D eigenvalue weighted by Crippen LogP contribution is -2.40. The van der Waals surface area contributed by atoms with Crippen molar-refractivity contribution in [3.8, 4) is 0 Å². The predicted molar refractivity (Wildman–Crippen MR) is 73.9 cm³/mol. The Morgan fingerprint density at radius 2 is 2.20 bits per heavy atom. The molecule has 7 heteroatoms. The summed E-state index contributed by atoms with van der Waals surface area (Å²) >= 11 is 0. The first kappa shape index (κ1) is 15.0. The van der Waals surface area contributed by atoms with Gasteiger partial charge in [-0.1, -0.05) is 6.07 Å². The number of carbonyl (C=O) groups excluding carboxylic acids is 1. The van der Waals surface area contributed by atoms with Crippen LogP contribution in [-0.4, -0.2) is 33.6 Å². The number of hydrogen-bond donors (Lipinski definition) is 2. The fraction of sp³-hybridized carbons (Fsp3) is 0.462. The Morgan fingerprint density at radius 1 is 1.45 bits per heavy atom. The van der Waals surface area contributed by atoms with E-state index < -0.39 is 10.0 Å². The van der Waals surface area contributed by atoms with Crippen LogP contribution in [0.15, 0.2) is 23.1 Å². The van der Waals surface area contributed by atoms with Gasteiger partial charge in [-0.3, -0.25) is 4.79 Å². The maximum Gasteiger partial charge on any atom is 0.251 e. The first-order chi connectivity index (χ1) is 9.38. The lowest BCUT2D eigenvalue weighted by atomic mass is 10.1. The molecule has 0 aromatic heterocycles. The summed E-state index contributed by atoms with van der Waals surface area (Å²) in [4.78, 5) is 12.1. The van der Waals surface area contributed by atoms with Crippen LogP contribution >= 0.6 is 0 Å².